The van der Waals surface area contributed by atoms with Crippen LogP contribution in [0.5, 0.6) is 0 Å². The van der Waals surface area contributed by atoms with E-state index in [1.165, 1.54) is 0 Å². The summed E-state index contributed by atoms with van der Waals surface area (Å²) in [5, 5.41) is 4.25. The molecule has 1 fully saturated rings. The Morgan fingerprint density at radius 3 is 2.74 bits per heavy atom. The third-order valence-corrected chi connectivity index (χ3v) is 4.20. The second-order valence-electron chi connectivity index (χ2n) is 6.36. The van der Waals surface area contributed by atoms with Gasteiger partial charge in [-0.2, -0.15) is 0 Å². The van der Waals surface area contributed by atoms with Gasteiger partial charge in [0.05, 0.1) is 17.7 Å². The molecule has 0 N–H and O–H groups in total. The maximum atomic E-state index is 12.4. The monoisotopic (exact) mass is 265 g/mol. The molecule has 0 amide bonds. The predicted molar refractivity (Wildman–Crippen MR) is 73.8 cm³/mol. The fourth-order valence-electron chi connectivity index (χ4n) is 3.42. The maximum absolute atomic E-state index is 12.4. The van der Waals surface area contributed by atoms with Gasteiger partial charge in [0.25, 0.3) is 0 Å². The van der Waals surface area contributed by atoms with Crippen molar-refractivity contribution in [3.05, 3.63) is 12.7 Å². The van der Waals surface area contributed by atoms with Gasteiger partial charge >= 0.3 is 5.97 Å². The van der Waals surface area contributed by atoms with Gasteiger partial charge < -0.3 is 9.57 Å². The van der Waals surface area contributed by atoms with Gasteiger partial charge in [0, 0.05) is 11.8 Å². The van der Waals surface area contributed by atoms with Gasteiger partial charge in [-0.3, -0.25) is 0 Å². The zero-order valence-corrected chi connectivity index (χ0v) is 12.3. The number of hydrogen-bond donors (Lipinski definition) is 0. The fourth-order valence-corrected chi connectivity index (χ4v) is 3.42. The van der Waals surface area contributed by atoms with Crippen LogP contribution in [-0.4, -0.2) is 23.9 Å². The summed E-state index contributed by atoms with van der Waals surface area (Å²) >= 11 is 0. The molecule has 1 saturated carbocycles. The number of ether oxygens (including phenoxy) is 1. The molecule has 1 aliphatic heterocycles. The molecule has 2 unspecified atom stereocenters. The fraction of sp³-hybridized carbons (Fsp3) is 0.733. The van der Waals surface area contributed by atoms with Gasteiger partial charge in [-0.1, -0.05) is 32.0 Å². The van der Waals surface area contributed by atoms with Crippen molar-refractivity contribution in [2.45, 2.75) is 52.6 Å². The SMILES string of the molecule is C=CC12CCCC1(C(=O)OCC)ON=C2C(C)(C)C. The number of fused-ring (bicyclic) bond motifs is 1. The van der Waals surface area contributed by atoms with Gasteiger partial charge in [-0.25, -0.2) is 4.79 Å². The van der Waals surface area contributed by atoms with E-state index in [9.17, 15) is 4.79 Å². The lowest BCUT2D eigenvalue weighted by molar-refractivity contribution is -0.175. The van der Waals surface area contributed by atoms with E-state index in [0.717, 1.165) is 18.6 Å². The molecule has 0 aromatic rings. The maximum Gasteiger partial charge on any atom is 0.354 e. The Morgan fingerprint density at radius 2 is 2.21 bits per heavy atom. The third-order valence-electron chi connectivity index (χ3n) is 4.20. The summed E-state index contributed by atoms with van der Waals surface area (Å²) in [7, 11) is 0. The van der Waals surface area contributed by atoms with Crippen molar-refractivity contribution >= 4 is 11.7 Å². The van der Waals surface area contributed by atoms with Crippen LogP contribution in [0.3, 0.4) is 0 Å². The summed E-state index contributed by atoms with van der Waals surface area (Å²) in [5.41, 5.74) is -0.766. The summed E-state index contributed by atoms with van der Waals surface area (Å²) in [5.74, 6) is -0.310. The first-order chi connectivity index (χ1) is 8.84. The zero-order chi connectivity index (χ0) is 14.3. The van der Waals surface area contributed by atoms with E-state index in [4.69, 9.17) is 9.57 Å². The van der Waals surface area contributed by atoms with E-state index in [-0.39, 0.29) is 11.4 Å². The second-order valence-corrected chi connectivity index (χ2v) is 6.36. The van der Waals surface area contributed by atoms with Crippen molar-refractivity contribution in [2.24, 2.45) is 16.0 Å². The quantitative estimate of drug-likeness (QED) is 0.582. The van der Waals surface area contributed by atoms with Gasteiger partial charge in [-0.05, 0) is 19.8 Å². The molecule has 0 spiro atoms. The summed E-state index contributed by atoms with van der Waals surface area (Å²) in [4.78, 5) is 18.1. The molecule has 2 rings (SSSR count). The summed E-state index contributed by atoms with van der Waals surface area (Å²) in [6.07, 6.45) is 4.24. The Kier molecular flexibility index (Phi) is 3.23. The van der Waals surface area contributed by atoms with Gasteiger partial charge in [-0.15, -0.1) is 6.58 Å². The number of nitrogens with zero attached hydrogens (tertiary/aromatic N) is 1. The van der Waals surface area contributed by atoms with Crippen LogP contribution in [0.4, 0.5) is 0 Å². The average molecular weight is 265 g/mol. The minimum atomic E-state index is -0.993. The number of esters is 1. The largest absolute Gasteiger partial charge is 0.463 e. The third kappa shape index (κ3) is 1.72. The number of carbonyl (C=O) groups is 1. The predicted octanol–water partition coefficient (Wildman–Crippen LogP) is 3.08. The van der Waals surface area contributed by atoms with E-state index in [2.05, 4.69) is 32.5 Å². The molecule has 1 heterocycles. The van der Waals surface area contributed by atoms with Crippen LogP contribution >= 0.6 is 0 Å². The Labute approximate surface area is 114 Å². The van der Waals surface area contributed by atoms with Crippen LogP contribution < -0.4 is 0 Å². The van der Waals surface area contributed by atoms with Crippen molar-refractivity contribution < 1.29 is 14.4 Å². The molecular weight excluding hydrogens is 242 g/mol. The molecule has 0 saturated heterocycles. The highest BCUT2D eigenvalue weighted by molar-refractivity contribution is 6.03. The molecule has 2 aliphatic rings. The number of oxime groups is 1. The van der Waals surface area contributed by atoms with Crippen molar-refractivity contribution in [3.8, 4) is 0 Å². The first-order valence-corrected chi connectivity index (χ1v) is 6.92. The van der Waals surface area contributed by atoms with E-state index in [1.54, 1.807) is 6.92 Å². The van der Waals surface area contributed by atoms with Crippen LogP contribution in [0.2, 0.25) is 0 Å². The van der Waals surface area contributed by atoms with Crippen molar-refractivity contribution in [1.29, 1.82) is 0 Å². The Bertz CT molecular complexity index is 435. The normalized spacial score (nSPS) is 33.4. The highest BCUT2D eigenvalue weighted by Crippen LogP contribution is 2.57. The molecule has 2 atom stereocenters. The minimum Gasteiger partial charge on any atom is -0.463 e. The van der Waals surface area contributed by atoms with Crippen LogP contribution in [-0.2, 0) is 14.4 Å². The lowest BCUT2D eigenvalue weighted by Crippen LogP contribution is -2.53. The van der Waals surface area contributed by atoms with Crippen LogP contribution in [0, 0.1) is 10.8 Å². The van der Waals surface area contributed by atoms with Crippen molar-refractivity contribution in [2.75, 3.05) is 6.61 Å². The standard InChI is InChI=1S/C15H23NO3/c1-6-14-9-8-10-15(14,12(17)18-7-2)19-16-11(14)13(3,4)5/h6H,1,7-10H2,2-5H3. The average Bonchev–Trinajstić information content (AvgIpc) is 2.81. The summed E-state index contributed by atoms with van der Waals surface area (Å²) < 4.78 is 5.23. The van der Waals surface area contributed by atoms with Gasteiger partial charge in [0.2, 0.25) is 5.60 Å². The first-order valence-electron chi connectivity index (χ1n) is 6.92. The number of carbonyl (C=O) groups excluding carboxylic acids is 1. The minimum absolute atomic E-state index is 0.160. The first kappa shape index (κ1) is 14.1. The topological polar surface area (TPSA) is 47.9 Å². The molecule has 106 valence electrons. The highest BCUT2D eigenvalue weighted by atomic mass is 16.7. The van der Waals surface area contributed by atoms with E-state index in [0.29, 0.717) is 13.0 Å². The molecule has 19 heavy (non-hydrogen) atoms. The van der Waals surface area contributed by atoms with Gasteiger partial charge in [0.15, 0.2) is 0 Å². The smallest absolute Gasteiger partial charge is 0.354 e. The molecule has 4 nitrogen and oxygen atoms in total. The Balaban J connectivity index is 2.48. The molecule has 0 aromatic carbocycles. The van der Waals surface area contributed by atoms with Crippen LogP contribution in [0.15, 0.2) is 17.8 Å². The Hall–Kier alpha value is -1.32. The lowest BCUT2D eigenvalue weighted by atomic mass is 9.64. The van der Waals surface area contributed by atoms with E-state index >= 15 is 0 Å². The summed E-state index contributed by atoms with van der Waals surface area (Å²) in [6.45, 7) is 12.4. The van der Waals surface area contributed by atoms with E-state index in [1.807, 2.05) is 6.08 Å². The second kappa shape index (κ2) is 4.36. The molecule has 4 heteroatoms. The van der Waals surface area contributed by atoms with E-state index < -0.39 is 11.0 Å². The highest BCUT2D eigenvalue weighted by Gasteiger charge is 2.69. The van der Waals surface area contributed by atoms with Crippen LogP contribution in [0.1, 0.15) is 47.0 Å². The molecule has 0 radical (unpaired) electrons. The zero-order valence-electron chi connectivity index (χ0n) is 12.3. The van der Waals surface area contributed by atoms with Crippen LogP contribution in [0.25, 0.3) is 0 Å². The summed E-state index contributed by atoms with van der Waals surface area (Å²) in [6, 6.07) is 0. The number of rotatable bonds is 3. The molecular formula is C15H23NO3. The molecule has 0 bridgehead atoms. The van der Waals surface area contributed by atoms with Crippen molar-refractivity contribution in [1.82, 2.24) is 0 Å². The Morgan fingerprint density at radius 1 is 1.53 bits per heavy atom. The molecule has 1 aliphatic carbocycles. The van der Waals surface area contributed by atoms with Gasteiger partial charge in [0.1, 0.15) is 0 Å². The van der Waals surface area contributed by atoms with Crippen molar-refractivity contribution in [3.63, 3.8) is 0 Å². The molecule has 0 aromatic heterocycles. The number of hydrogen-bond acceptors (Lipinski definition) is 4. The lowest BCUT2D eigenvalue weighted by Gasteiger charge is -2.37.